The van der Waals surface area contributed by atoms with Crippen molar-refractivity contribution in [1.82, 2.24) is 10.3 Å². The van der Waals surface area contributed by atoms with Gasteiger partial charge in [-0.05, 0) is 48.5 Å². The summed E-state index contributed by atoms with van der Waals surface area (Å²) in [7, 11) is 0. The number of aromatic nitrogens is 1. The Morgan fingerprint density at radius 2 is 2.30 bits per heavy atom. The second-order valence-electron chi connectivity index (χ2n) is 5.13. The molecule has 112 valence electrons. The van der Waals surface area contributed by atoms with Crippen LogP contribution >= 0.6 is 38.9 Å². The molecule has 1 N–H and O–H groups in total. The molecule has 1 heterocycles. The Labute approximate surface area is 136 Å². The van der Waals surface area contributed by atoms with E-state index in [2.05, 4.69) is 26.2 Å². The Balaban J connectivity index is 1.70. The van der Waals surface area contributed by atoms with E-state index in [1.165, 1.54) is 5.01 Å². The van der Waals surface area contributed by atoms with Gasteiger partial charge in [0.25, 0.3) is 0 Å². The van der Waals surface area contributed by atoms with Gasteiger partial charge in [0.1, 0.15) is 6.10 Å². The number of halogens is 2. The number of carbonyl (C=O) groups excluding carboxylic acids is 1. The summed E-state index contributed by atoms with van der Waals surface area (Å²) in [5, 5.41) is 4.68. The van der Waals surface area contributed by atoms with Gasteiger partial charge in [-0.25, -0.2) is 9.78 Å². The van der Waals surface area contributed by atoms with Crippen LogP contribution in [0.15, 0.2) is 9.98 Å². The normalized spacial score (nSPS) is 24.4. The largest absolute Gasteiger partial charge is 0.449 e. The smallest absolute Gasteiger partial charge is 0.404 e. The first kappa shape index (κ1) is 16.2. The monoisotopic (exact) mass is 380 g/mol. The first-order chi connectivity index (χ1) is 9.54. The predicted molar refractivity (Wildman–Crippen MR) is 84.6 cm³/mol. The lowest BCUT2D eigenvalue weighted by Gasteiger charge is -2.28. The molecular weight excluding hydrogens is 364 g/mol. The molecule has 0 amide bonds. The molecule has 0 bridgehead atoms. The van der Waals surface area contributed by atoms with Gasteiger partial charge in [-0.2, -0.15) is 0 Å². The summed E-state index contributed by atoms with van der Waals surface area (Å²) in [6, 6.07) is 0.492. The third-order valence-electron chi connectivity index (χ3n) is 3.56. The van der Waals surface area contributed by atoms with E-state index in [1.807, 2.05) is 13.1 Å². The van der Waals surface area contributed by atoms with E-state index in [4.69, 9.17) is 16.3 Å². The van der Waals surface area contributed by atoms with Crippen LogP contribution in [0.2, 0.25) is 0 Å². The van der Waals surface area contributed by atoms with Crippen molar-refractivity contribution in [3.05, 3.63) is 15.0 Å². The van der Waals surface area contributed by atoms with Crippen molar-refractivity contribution in [3.8, 4) is 0 Å². The van der Waals surface area contributed by atoms with Crippen molar-refractivity contribution < 1.29 is 9.53 Å². The molecule has 4 nitrogen and oxygen atoms in total. The molecule has 1 unspecified atom stereocenters. The maximum Gasteiger partial charge on any atom is 0.404 e. The van der Waals surface area contributed by atoms with Crippen molar-refractivity contribution in [1.29, 1.82) is 0 Å². The lowest BCUT2D eigenvalue weighted by atomic mass is 9.86. The number of carbonyl (C=O) groups is 1. The molecule has 0 aromatic carbocycles. The topological polar surface area (TPSA) is 51.2 Å². The van der Waals surface area contributed by atoms with Gasteiger partial charge in [0.2, 0.25) is 0 Å². The molecule has 1 atom stereocenters. The molecule has 0 saturated heterocycles. The average Bonchev–Trinajstić information content (AvgIpc) is 2.83. The summed E-state index contributed by atoms with van der Waals surface area (Å²) < 4.78 is 5.99. The van der Waals surface area contributed by atoms with Crippen molar-refractivity contribution >= 4 is 44.3 Å². The van der Waals surface area contributed by atoms with Crippen LogP contribution in [-0.2, 0) is 4.74 Å². The fourth-order valence-corrected chi connectivity index (χ4v) is 4.10. The van der Waals surface area contributed by atoms with Gasteiger partial charge in [0.05, 0.1) is 15.0 Å². The van der Waals surface area contributed by atoms with E-state index >= 15 is 0 Å². The van der Waals surface area contributed by atoms with Crippen LogP contribution < -0.4 is 5.32 Å². The van der Waals surface area contributed by atoms with E-state index in [0.29, 0.717) is 18.5 Å². The van der Waals surface area contributed by atoms with Crippen molar-refractivity contribution in [3.63, 3.8) is 0 Å². The number of ether oxygens (including phenoxy) is 1. The summed E-state index contributed by atoms with van der Waals surface area (Å²) >= 11 is 10.4. The maximum absolute atomic E-state index is 10.6. The van der Waals surface area contributed by atoms with Crippen LogP contribution in [0.5, 0.6) is 0 Å². The minimum Gasteiger partial charge on any atom is -0.449 e. The van der Waals surface area contributed by atoms with Crippen molar-refractivity contribution in [2.75, 3.05) is 6.54 Å². The Kier molecular flexibility index (Phi) is 6.26. The first-order valence-electron chi connectivity index (χ1n) is 6.75. The lowest BCUT2D eigenvalue weighted by molar-refractivity contribution is 0.126. The quantitative estimate of drug-likeness (QED) is 0.773. The summed E-state index contributed by atoms with van der Waals surface area (Å²) in [6.07, 6.45) is 6.26. The highest BCUT2D eigenvalue weighted by molar-refractivity contribution is 9.11. The summed E-state index contributed by atoms with van der Waals surface area (Å²) in [5.41, 5.74) is -0.739. The average molecular weight is 382 g/mol. The molecule has 1 aliphatic carbocycles. The third kappa shape index (κ3) is 4.98. The Morgan fingerprint density at radius 3 is 2.85 bits per heavy atom. The summed E-state index contributed by atoms with van der Waals surface area (Å²) in [6.45, 7) is 2.49. The number of nitrogens with zero attached hydrogens (tertiary/aromatic N) is 1. The third-order valence-corrected chi connectivity index (χ3v) is 5.29. The molecule has 2 rings (SSSR count). The molecule has 7 heteroatoms. The number of hydrogen-bond acceptors (Lipinski definition) is 5. The summed E-state index contributed by atoms with van der Waals surface area (Å²) in [5.74, 6) is 0.586. The minimum atomic E-state index is -0.739. The maximum atomic E-state index is 10.6. The van der Waals surface area contributed by atoms with Gasteiger partial charge in [-0.15, -0.1) is 11.3 Å². The van der Waals surface area contributed by atoms with Crippen LogP contribution in [0, 0.1) is 0 Å². The fourth-order valence-electron chi connectivity index (χ4n) is 2.53. The second kappa shape index (κ2) is 7.73. The molecule has 1 aliphatic rings. The van der Waals surface area contributed by atoms with Crippen molar-refractivity contribution in [2.45, 2.75) is 50.7 Å². The van der Waals surface area contributed by atoms with E-state index in [9.17, 15) is 4.79 Å². The predicted octanol–water partition coefficient (Wildman–Crippen LogP) is 4.29. The highest BCUT2D eigenvalue weighted by Gasteiger charge is 2.24. The van der Waals surface area contributed by atoms with Gasteiger partial charge in [0.15, 0.2) is 0 Å². The number of rotatable bonds is 5. The second-order valence-corrected chi connectivity index (χ2v) is 7.88. The van der Waals surface area contributed by atoms with Gasteiger partial charge < -0.3 is 10.1 Å². The SMILES string of the molecule is CC(CNC1CCC(c2ncc(Br)s2)CC1)OC(=O)Cl. The standard InChI is InChI=1S/C13H18BrClN2O2S/c1-8(19-13(15)18)6-16-10-4-2-9(3-5-10)12-17-7-11(14)20-12/h7-10,16H,2-6H2,1H3. The highest BCUT2D eigenvalue weighted by atomic mass is 79.9. The zero-order chi connectivity index (χ0) is 14.5. The van der Waals surface area contributed by atoms with Crippen LogP contribution in [-0.4, -0.2) is 29.1 Å². The molecular formula is C13H18BrClN2O2S. The fraction of sp³-hybridized carbons (Fsp3) is 0.692. The van der Waals surface area contributed by atoms with Gasteiger partial charge in [0, 0.05) is 30.1 Å². The van der Waals surface area contributed by atoms with Gasteiger partial charge in [-0.1, -0.05) is 0 Å². The molecule has 0 spiro atoms. The Morgan fingerprint density at radius 1 is 1.60 bits per heavy atom. The first-order valence-corrected chi connectivity index (χ1v) is 8.74. The molecule has 0 radical (unpaired) electrons. The molecule has 20 heavy (non-hydrogen) atoms. The van der Waals surface area contributed by atoms with Gasteiger partial charge >= 0.3 is 5.43 Å². The van der Waals surface area contributed by atoms with E-state index in [1.54, 1.807) is 11.3 Å². The number of nitrogens with one attached hydrogen (secondary N) is 1. The van der Waals surface area contributed by atoms with Crippen LogP contribution in [0.1, 0.15) is 43.5 Å². The van der Waals surface area contributed by atoms with Crippen LogP contribution in [0.4, 0.5) is 4.79 Å². The van der Waals surface area contributed by atoms with Crippen LogP contribution in [0.25, 0.3) is 0 Å². The van der Waals surface area contributed by atoms with Crippen molar-refractivity contribution in [2.24, 2.45) is 0 Å². The Hall–Kier alpha value is -0.170. The molecule has 1 aromatic heterocycles. The summed E-state index contributed by atoms with van der Waals surface area (Å²) in [4.78, 5) is 15.1. The Bertz CT molecular complexity index is 449. The minimum absolute atomic E-state index is 0.187. The highest BCUT2D eigenvalue weighted by Crippen LogP contribution is 2.36. The zero-order valence-corrected chi connectivity index (χ0v) is 14.4. The number of thiazole rings is 1. The zero-order valence-electron chi connectivity index (χ0n) is 11.3. The number of hydrogen-bond donors (Lipinski definition) is 1. The van der Waals surface area contributed by atoms with E-state index in [-0.39, 0.29) is 6.10 Å². The molecule has 1 saturated carbocycles. The molecule has 1 aromatic rings. The van der Waals surface area contributed by atoms with Gasteiger partial charge in [-0.3, -0.25) is 0 Å². The van der Waals surface area contributed by atoms with E-state index in [0.717, 1.165) is 29.5 Å². The molecule has 1 fully saturated rings. The lowest BCUT2D eigenvalue weighted by Crippen LogP contribution is -2.38. The van der Waals surface area contributed by atoms with E-state index < -0.39 is 5.43 Å². The van der Waals surface area contributed by atoms with Crippen LogP contribution in [0.3, 0.4) is 0 Å². The molecule has 0 aliphatic heterocycles.